The highest BCUT2D eigenvalue weighted by molar-refractivity contribution is 7.47. The van der Waals surface area contributed by atoms with Crippen LogP contribution in [0, 0.1) is 11.8 Å². The van der Waals surface area contributed by atoms with Crippen molar-refractivity contribution in [3.05, 3.63) is 0 Å². The fraction of sp³-hybridized carbons (Fsp3) is 0.933. The summed E-state index contributed by atoms with van der Waals surface area (Å²) in [7, 11) is -9.87. The van der Waals surface area contributed by atoms with Gasteiger partial charge >= 0.3 is 39.5 Å². The molecule has 0 heterocycles. The number of hydrogen-bond acceptors (Lipinski definition) is 15. The maximum atomic E-state index is 12.9. The normalized spacial score (nSPS) is 14.4. The zero-order chi connectivity index (χ0) is 58.7. The van der Waals surface area contributed by atoms with Gasteiger partial charge in [-0.05, 0) is 37.5 Å². The van der Waals surface area contributed by atoms with E-state index >= 15 is 0 Å². The van der Waals surface area contributed by atoms with Crippen LogP contribution in [0.25, 0.3) is 0 Å². The molecule has 0 aliphatic carbocycles. The number of unbranched alkanes of at least 4 members (excludes halogenated alkanes) is 29. The zero-order valence-corrected chi connectivity index (χ0v) is 52.4. The zero-order valence-electron chi connectivity index (χ0n) is 50.7. The van der Waals surface area contributed by atoms with E-state index in [4.69, 9.17) is 37.0 Å². The van der Waals surface area contributed by atoms with Gasteiger partial charge in [-0.15, -0.1) is 0 Å². The smallest absolute Gasteiger partial charge is 0.462 e. The Kier molecular flexibility index (Phi) is 51.5. The van der Waals surface area contributed by atoms with Crippen LogP contribution in [0.1, 0.15) is 292 Å². The Balaban J connectivity index is 5.23. The Morgan fingerprint density at radius 2 is 0.582 bits per heavy atom. The molecule has 0 aliphatic heterocycles. The molecule has 0 fully saturated rings. The molecule has 0 saturated heterocycles. The number of phosphoric ester groups is 2. The van der Waals surface area contributed by atoms with Crippen LogP contribution in [0.15, 0.2) is 0 Å². The van der Waals surface area contributed by atoms with Gasteiger partial charge in [0, 0.05) is 25.7 Å². The summed E-state index contributed by atoms with van der Waals surface area (Å²) in [6.45, 7) is 9.27. The highest BCUT2D eigenvalue weighted by Gasteiger charge is 2.30. The van der Waals surface area contributed by atoms with E-state index in [1.807, 2.05) is 0 Å². The molecule has 0 radical (unpaired) electrons. The number of phosphoric acid groups is 2. The molecule has 17 nitrogen and oxygen atoms in total. The standard InChI is InChI=1S/C60H116O17P2/c1-7-9-11-13-15-17-19-21-23-32-38-44-59(64)76-55(48-70-57(62)42-36-30-22-20-18-16-14-12-10-8-2)50-74-78(66,67)72-46-54(61)47-73-79(68,69)75-51-56(77-60(65)45-39-33-27-25-29-35-41-53(5)6)49-71-58(63)43-37-31-26-24-28-34-40-52(3)4/h52-56,61H,7-51H2,1-6H3,(H,66,67)(H,68,69)/t54-,55-,56-/m1/s1. The summed E-state index contributed by atoms with van der Waals surface area (Å²) in [4.78, 5) is 71.9. The average molecular weight is 1170 g/mol. The number of ether oxygens (including phenoxy) is 4. The molecule has 5 atom stereocenters. The second-order valence-electron chi connectivity index (χ2n) is 22.7. The molecule has 19 heteroatoms. The molecule has 0 aliphatic rings. The van der Waals surface area contributed by atoms with Gasteiger partial charge in [-0.1, -0.05) is 241 Å². The predicted octanol–water partition coefficient (Wildman–Crippen LogP) is 16.1. The van der Waals surface area contributed by atoms with Gasteiger partial charge in [-0.25, -0.2) is 9.13 Å². The SMILES string of the molecule is CCCCCCCCCCCCCC(=O)O[C@H](COC(=O)CCCCCCCCCCCC)COP(=O)(O)OC[C@@H](O)COP(=O)(O)OC[C@@H](COC(=O)CCCCCCCCC(C)C)OC(=O)CCCCCCCCC(C)C. The second kappa shape index (κ2) is 52.8. The predicted molar refractivity (Wildman–Crippen MR) is 312 cm³/mol. The minimum atomic E-state index is -4.94. The molecule has 3 N–H and O–H groups in total. The first-order valence-electron chi connectivity index (χ1n) is 31.5. The third-order valence-corrected chi connectivity index (χ3v) is 15.6. The maximum Gasteiger partial charge on any atom is 0.472 e. The van der Waals surface area contributed by atoms with E-state index in [0.717, 1.165) is 96.3 Å². The lowest BCUT2D eigenvalue weighted by Gasteiger charge is -2.21. The Labute approximate surface area is 479 Å². The van der Waals surface area contributed by atoms with Gasteiger partial charge in [0.05, 0.1) is 26.4 Å². The fourth-order valence-corrected chi connectivity index (χ4v) is 10.4. The van der Waals surface area contributed by atoms with Gasteiger partial charge in [0.1, 0.15) is 19.3 Å². The molecule has 0 saturated carbocycles. The summed E-state index contributed by atoms with van der Waals surface area (Å²) >= 11 is 0. The van der Waals surface area contributed by atoms with Gasteiger partial charge in [0.25, 0.3) is 0 Å². The number of hydrogen-bond donors (Lipinski definition) is 3. The summed E-state index contributed by atoms with van der Waals surface area (Å²) in [6.07, 6.45) is 33.7. The molecular weight excluding hydrogens is 1050 g/mol. The van der Waals surface area contributed by atoms with Crippen LogP contribution >= 0.6 is 15.6 Å². The van der Waals surface area contributed by atoms with Crippen molar-refractivity contribution >= 4 is 39.5 Å². The van der Waals surface area contributed by atoms with Gasteiger partial charge in [0.2, 0.25) is 0 Å². The summed E-state index contributed by atoms with van der Waals surface area (Å²) in [5.74, 6) is -0.796. The molecule has 0 aromatic heterocycles. The van der Waals surface area contributed by atoms with E-state index in [0.29, 0.717) is 37.5 Å². The van der Waals surface area contributed by atoms with Crippen molar-refractivity contribution in [1.29, 1.82) is 0 Å². The van der Waals surface area contributed by atoms with E-state index in [1.54, 1.807) is 0 Å². The number of esters is 4. The summed E-state index contributed by atoms with van der Waals surface area (Å²) in [5, 5.41) is 10.5. The van der Waals surface area contributed by atoms with Crippen molar-refractivity contribution in [2.24, 2.45) is 11.8 Å². The lowest BCUT2D eigenvalue weighted by molar-refractivity contribution is -0.161. The van der Waals surface area contributed by atoms with Gasteiger partial charge in [-0.3, -0.25) is 37.3 Å². The first-order valence-corrected chi connectivity index (χ1v) is 34.5. The van der Waals surface area contributed by atoms with Gasteiger partial charge < -0.3 is 33.8 Å². The molecule has 0 spiro atoms. The van der Waals surface area contributed by atoms with Crippen molar-refractivity contribution in [2.45, 2.75) is 310 Å². The molecule has 79 heavy (non-hydrogen) atoms. The number of aliphatic hydroxyl groups excluding tert-OH is 1. The third-order valence-electron chi connectivity index (χ3n) is 13.7. The molecule has 0 rings (SSSR count). The van der Waals surface area contributed by atoms with Crippen LogP contribution in [-0.4, -0.2) is 96.7 Å². The first-order chi connectivity index (χ1) is 37.9. The lowest BCUT2D eigenvalue weighted by Crippen LogP contribution is -2.30. The van der Waals surface area contributed by atoms with E-state index in [2.05, 4.69) is 41.5 Å². The molecule has 468 valence electrons. The Morgan fingerprint density at radius 3 is 0.861 bits per heavy atom. The Bertz CT molecular complexity index is 1560. The molecule has 2 unspecified atom stereocenters. The van der Waals surface area contributed by atoms with Crippen LogP contribution < -0.4 is 0 Å². The van der Waals surface area contributed by atoms with Crippen molar-refractivity contribution in [2.75, 3.05) is 39.6 Å². The van der Waals surface area contributed by atoms with Gasteiger partial charge in [-0.2, -0.15) is 0 Å². The number of carbonyl (C=O) groups excluding carboxylic acids is 4. The molecule has 0 amide bonds. The Hall–Kier alpha value is -1.94. The number of carbonyl (C=O) groups is 4. The van der Waals surface area contributed by atoms with Crippen molar-refractivity contribution in [1.82, 2.24) is 0 Å². The van der Waals surface area contributed by atoms with Crippen molar-refractivity contribution in [3.63, 3.8) is 0 Å². The summed E-state index contributed by atoms with van der Waals surface area (Å²) in [6, 6.07) is 0. The van der Waals surface area contributed by atoms with E-state index in [-0.39, 0.29) is 25.7 Å². The summed E-state index contributed by atoms with van der Waals surface area (Å²) < 4.78 is 67.7. The van der Waals surface area contributed by atoms with E-state index in [9.17, 15) is 43.2 Å². The lowest BCUT2D eigenvalue weighted by atomic mass is 10.0. The number of rotatable bonds is 59. The van der Waals surface area contributed by atoms with Crippen LogP contribution in [0.5, 0.6) is 0 Å². The van der Waals surface area contributed by atoms with E-state index < -0.39 is 97.5 Å². The van der Waals surface area contributed by atoms with E-state index in [1.165, 1.54) is 103 Å². The van der Waals surface area contributed by atoms with Gasteiger partial charge in [0.15, 0.2) is 12.2 Å². The Morgan fingerprint density at radius 1 is 0.342 bits per heavy atom. The van der Waals surface area contributed by atoms with Crippen LogP contribution in [-0.2, 0) is 65.4 Å². The topological polar surface area (TPSA) is 237 Å². The maximum absolute atomic E-state index is 12.9. The highest BCUT2D eigenvalue weighted by Crippen LogP contribution is 2.45. The molecular formula is C60H116O17P2. The van der Waals surface area contributed by atoms with Crippen molar-refractivity contribution < 1.29 is 80.2 Å². The van der Waals surface area contributed by atoms with Crippen LogP contribution in [0.3, 0.4) is 0 Å². The second-order valence-corrected chi connectivity index (χ2v) is 25.6. The molecule has 0 aromatic carbocycles. The third kappa shape index (κ3) is 55.0. The molecule has 0 bridgehead atoms. The van der Waals surface area contributed by atoms with Crippen LogP contribution in [0.4, 0.5) is 0 Å². The van der Waals surface area contributed by atoms with Crippen molar-refractivity contribution in [3.8, 4) is 0 Å². The van der Waals surface area contributed by atoms with Crippen LogP contribution in [0.2, 0.25) is 0 Å². The average Bonchev–Trinajstić information content (AvgIpc) is 3.40. The number of aliphatic hydroxyl groups is 1. The minimum absolute atomic E-state index is 0.101. The minimum Gasteiger partial charge on any atom is -0.462 e. The fourth-order valence-electron chi connectivity index (χ4n) is 8.82. The summed E-state index contributed by atoms with van der Waals surface area (Å²) in [5.41, 5.74) is 0. The highest BCUT2D eigenvalue weighted by atomic mass is 31.2. The largest absolute Gasteiger partial charge is 0.472 e. The quantitative estimate of drug-likeness (QED) is 0.0222. The monoisotopic (exact) mass is 1170 g/mol. The first kappa shape index (κ1) is 77.1. The molecule has 0 aromatic rings.